The Morgan fingerprint density at radius 1 is 1.57 bits per heavy atom. The quantitative estimate of drug-likeness (QED) is 0.838. The first kappa shape index (κ1) is 15.6. The first-order chi connectivity index (χ1) is 10.0. The Morgan fingerprint density at radius 3 is 3.00 bits per heavy atom. The van der Waals surface area contributed by atoms with Gasteiger partial charge in [-0.2, -0.15) is 0 Å². The van der Waals surface area contributed by atoms with Crippen molar-refractivity contribution in [2.75, 3.05) is 7.11 Å². The van der Waals surface area contributed by atoms with Gasteiger partial charge in [0.05, 0.1) is 13.2 Å². The zero-order valence-corrected chi connectivity index (χ0v) is 12.9. The highest BCUT2D eigenvalue weighted by Gasteiger charge is 2.22. The van der Waals surface area contributed by atoms with Crippen LogP contribution in [0.15, 0.2) is 12.1 Å². The first-order valence-electron chi connectivity index (χ1n) is 7.44. The van der Waals surface area contributed by atoms with Crippen LogP contribution in [0.1, 0.15) is 37.8 Å². The highest BCUT2D eigenvalue weighted by Crippen LogP contribution is 2.34. The number of fused-ring (bicyclic) bond motifs is 1. The second-order valence-electron chi connectivity index (χ2n) is 5.52. The fraction of sp³-hybridized carbons (Fsp3) is 0.562. The fourth-order valence-electron chi connectivity index (χ4n) is 2.57. The minimum atomic E-state index is -0.452. The lowest BCUT2D eigenvalue weighted by atomic mass is 10.1. The lowest BCUT2D eigenvalue weighted by Gasteiger charge is -2.14. The van der Waals surface area contributed by atoms with Gasteiger partial charge in [-0.05, 0) is 25.5 Å². The molecular weight excluding hydrogens is 268 g/mol. The Balaban J connectivity index is 2.06. The van der Waals surface area contributed by atoms with Crippen LogP contribution in [0, 0.1) is 0 Å². The van der Waals surface area contributed by atoms with Crippen LogP contribution in [0.25, 0.3) is 0 Å². The van der Waals surface area contributed by atoms with Gasteiger partial charge in [-0.1, -0.05) is 13.3 Å². The molecule has 0 aliphatic carbocycles. The Kier molecular flexibility index (Phi) is 5.07. The van der Waals surface area contributed by atoms with Gasteiger partial charge < -0.3 is 20.5 Å². The number of rotatable bonds is 6. The number of benzene rings is 1. The number of amides is 1. The van der Waals surface area contributed by atoms with E-state index in [2.05, 4.69) is 5.32 Å². The van der Waals surface area contributed by atoms with E-state index >= 15 is 0 Å². The summed E-state index contributed by atoms with van der Waals surface area (Å²) < 4.78 is 11.2. The maximum atomic E-state index is 11.9. The van der Waals surface area contributed by atoms with Crippen LogP contribution in [-0.2, 0) is 17.8 Å². The van der Waals surface area contributed by atoms with Crippen molar-refractivity contribution in [3.8, 4) is 11.5 Å². The van der Waals surface area contributed by atoms with Crippen LogP contribution in [-0.4, -0.2) is 25.2 Å². The summed E-state index contributed by atoms with van der Waals surface area (Å²) in [5.74, 6) is 1.52. The maximum absolute atomic E-state index is 11.9. The van der Waals surface area contributed by atoms with Crippen molar-refractivity contribution in [3.63, 3.8) is 0 Å². The number of methoxy groups -OCH3 is 1. The van der Waals surface area contributed by atoms with E-state index in [1.807, 2.05) is 26.0 Å². The highest BCUT2D eigenvalue weighted by molar-refractivity contribution is 5.81. The average molecular weight is 292 g/mol. The molecule has 0 saturated carbocycles. The van der Waals surface area contributed by atoms with Gasteiger partial charge in [-0.15, -0.1) is 0 Å². The smallest absolute Gasteiger partial charge is 0.237 e. The number of nitrogens with two attached hydrogens (primary N) is 1. The molecule has 2 rings (SSSR count). The molecule has 1 aliphatic rings. The van der Waals surface area contributed by atoms with E-state index in [9.17, 15) is 4.79 Å². The van der Waals surface area contributed by atoms with Gasteiger partial charge in [0.1, 0.15) is 17.6 Å². The lowest BCUT2D eigenvalue weighted by molar-refractivity contribution is -0.122. The summed E-state index contributed by atoms with van der Waals surface area (Å²) in [6.45, 7) is 4.44. The molecule has 0 fully saturated rings. The Hall–Kier alpha value is -1.75. The van der Waals surface area contributed by atoms with E-state index in [1.165, 1.54) is 0 Å². The molecule has 0 bridgehead atoms. The van der Waals surface area contributed by atoms with Crippen LogP contribution in [0.2, 0.25) is 0 Å². The van der Waals surface area contributed by atoms with E-state index in [0.29, 0.717) is 13.0 Å². The molecule has 1 heterocycles. The van der Waals surface area contributed by atoms with Gasteiger partial charge in [-0.3, -0.25) is 4.79 Å². The van der Waals surface area contributed by atoms with Gasteiger partial charge in [0.25, 0.3) is 0 Å². The lowest BCUT2D eigenvalue weighted by Crippen LogP contribution is -2.40. The number of ether oxygens (including phenoxy) is 2. The molecule has 2 atom stereocenters. The summed E-state index contributed by atoms with van der Waals surface area (Å²) in [4.78, 5) is 11.9. The Morgan fingerprint density at radius 2 is 2.33 bits per heavy atom. The van der Waals surface area contributed by atoms with E-state index in [0.717, 1.165) is 35.5 Å². The molecule has 0 spiro atoms. The van der Waals surface area contributed by atoms with Crippen LogP contribution < -0.4 is 20.5 Å². The normalized spacial score (nSPS) is 17.8. The van der Waals surface area contributed by atoms with Crippen molar-refractivity contribution < 1.29 is 14.3 Å². The zero-order valence-electron chi connectivity index (χ0n) is 12.9. The maximum Gasteiger partial charge on any atom is 0.237 e. The predicted molar refractivity (Wildman–Crippen MR) is 81.5 cm³/mol. The van der Waals surface area contributed by atoms with Gasteiger partial charge in [-0.25, -0.2) is 0 Å². The van der Waals surface area contributed by atoms with Crippen molar-refractivity contribution >= 4 is 5.91 Å². The van der Waals surface area contributed by atoms with Crippen LogP contribution in [0.5, 0.6) is 11.5 Å². The molecule has 1 amide bonds. The third kappa shape index (κ3) is 3.67. The largest absolute Gasteiger partial charge is 0.496 e. The summed E-state index contributed by atoms with van der Waals surface area (Å²) in [6.07, 6.45) is 2.66. The zero-order chi connectivity index (χ0) is 15.4. The van der Waals surface area contributed by atoms with Gasteiger partial charge in [0.2, 0.25) is 5.91 Å². The summed E-state index contributed by atoms with van der Waals surface area (Å²) in [6, 6.07) is 3.49. The van der Waals surface area contributed by atoms with Gasteiger partial charge >= 0.3 is 0 Å². The molecule has 2 unspecified atom stereocenters. The highest BCUT2D eigenvalue weighted by atomic mass is 16.5. The van der Waals surface area contributed by atoms with E-state index < -0.39 is 6.04 Å². The summed E-state index contributed by atoms with van der Waals surface area (Å²) in [5.41, 5.74) is 7.86. The minimum absolute atomic E-state index is 0.131. The van der Waals surface area contributed by atoms with Crippen LogP contribution >= 0.6 is 0 Å². The van der Waals surface area contributed by atoms with E-state index in [4.69, 9.17) is 15.2 Å². The van der Waals surface area contributed by atoms with Crippen LogP contribution in [0.3, 0.4) is 0 Å². The van der Waals surface area contributed by atoms with Gasteiger partial charge in [0.15, 0.2) is 0 Å². The van der Waals surface area contributed by atoms with Crippen molar-refractivity contribution in [1.82, 2.24) is 5.32 Å². The molecule has 1 aliphatic heterocycles. The molecule has 5 nitrogen and oxygen atoms in total. The number of nitrogens with one attached hydrogen (secondary N) is 1. The molecule has 1 aromatic carbocycles. The SMILES string of the molecule is CCCC(N)C(=O)NCc1cc2c(cc1OC)CC(C)O2. The molecule has 1 aromatic rings. The number of hydrogen-bond acceptors (Lipinski definition) is 4. The number of carbonyl (C=O) groups excluding carboxylic acids is 1. The second-order valence-corrected chi connectivity index (χ2v) is 5.52. The van der Waals surface area contributed by atoms with Crippen molar-refractivity contribution in [1.29, 1.82) is 0 Å². The van der Waals surface area contributed by atoms with Crippen LogP contribution in [0.4, 0.5) is 0 Å². The number of carbonyl (C=O) groups is 1. The average Bonchev–Trinajstić information content (AvgIpc) is 2.82. The summed E-state index contributed by atoms with van der Waals surface area (Å²) in [7, 11) is 1.63. The van der Waals surface area contributed by atoms with Crippen molar-refractivity contribution in [2.45, 2.75) is 51.8 Å². The molecule has 0 aromatic heterocycles. The first-order valence-corrected chi connectivity index (χ1v) is 7.44. The number of hydrogen-bond donors (Lipinski definition) is 2. The standard InChI is InChI=1S/C16H24N2O3/c1-4-5-13(17)16(19)18-9-12-8-15-11(6-10(2)21-15)7-14(12)20-3/h7-8,10,13H,4-6,9,17H2,1-3H3,(H,18,19). The van der Waals surface area contributed by atoms with E-state index in [1.54, 1.807) is 7.11 Å². The minimum Gasteiger partial charge on any atom is -0.496 e. The fourth-order valence-corrected chi connectivity index (χ4v) is 2.57. The molecule has 0 saturated heterocycles. The predicted octanol–water partition coefficient (Wildman–Crippen LogP) is 1.76. The Labute approximate surface area is 125 Å². The van der Waals surface area contributed by atoms with Gasteiger partial charge in [0, 0.05) is 24.1 Å². The molecule has 21 heavy (non-hydrogen) atoms. The monoisotopic (exact) mass is 292 g/mol. The Bertz CT molecular complexity index is 516. The molecule has 3 N–H and O–H groups in total. The molecule has 5 heteroatoms. The third-order valence-corrected chi connectivity index (χ3v) is 3.69. The molecule has 116 valence electrons. The van der Waals surface area contributed by atoms with Crippen molar-refractivity contribution in [2.24, 2.45) is 5.73 Å². The summed E-state index contributed by atoms with van der Waals surface area (Å²) >= 11 is 0. The second kappa shape index (κ2) is 6.80. The topological polar surface area (TPSA) is 73.6 Å². The third-order valence-electron chi connectivity index (χ3n) is 3.69. The molecular formula is C16H24N2O3. The molecule has 0 radical (unpaired) electrons. The van der Waals surface area contributed by atoms with E-state index in [-0.39, 0.29) is 12.0 Å². The van der Waals surface area contributed by atoms with Crippen molar-refractivity contribution in [3.05, 3.63) is 23.3 Å². The summed E-state index contributed by atoms with van der Waals surface area (Å²) in [5, 5.41) is 2.86.